The number of rotatable bonds is 4. The number of para-hydroxylation sites is 1. The highest BCUT2D eigenvalue weighted by Gasteiger charge is 2.27. The zero-order valence-corrected chi connectivity index (χ0v) is 15.4. The predicted octanol–water partition coefficient (Wildman–Crippen LogP) is 2.76. The molecule has 0 atom stereocenters. The van der Waals surface area contributed by atoms with Gasteiger partial charge in [-0.05, 0) is 24.1 Å². The number of hydrogen-bond acceptors (Lipinski definition) is 3. The van der Waals surface area contributed by atoms with Gasteiger partial charge in [-0.25, -0.2) is 13.2 Å². The summed E-state index contributed by atoms with van der Waals surface area (Å²) in [4.78, 5) is 14.1. The highest BCUT2D eigenvalue weighted by atomic mass is 32.2. The third kappa shape index (κ3) is 4.83. The molecule has 0 bridgehead atoms. The first-order valence-corrected chi connectivity index (χ1v) is 10.3. The van der Waals surface area contributed by atoms with Gasteiger partial charge in [0, 0.05) is 31.9 Å². The molecule has 1 aliphatic heterocycles. The Hall–Kier alpha value is -2.38. The van der Waals surface area contributed by atoms with E-state index in [-0.39, 0.29) is 11.8 Å². The summed E-state index contributed by atoms with van der Waals surface area (Å²) in [6.45, 7) is 1.67. The summed E-state index contributed by atoms with van der Waals surface area (Å²) < 4.78 is 26.9. The topological polar surface area (TPSA) is 69.7 Å². The van der Waals surface area contributed by atoms with Crippen LogP contribution in [0.15, 0.2) is 60.7 Å². The van der Waals surface area contributed by atoms with E-state index in [0.29, 0.717) is 32.6 Å². The number of benzene rings is 2. The van der Waals surface area contributed by atoms with E-state index in [0.717, 1.165) is 11.3 Å². The van der Waals surface area contributed by atoms with Gasteiger partial charge in [0.25, 0.3) is 0 Å². The fourth-order valence-corrected chi connectivity index (χ4v) is 4.54. The summed E-state index contributed by atoms with van der Waals surface area (Å²) in [5.41, 5.74) is 1.51. The van der Waals surface area contributed by atoms with Gasteiger partial charge in [0.15, 0.2) is 0 Å². The van der Waals surface area contributed by atoms with Crippen molar-refractivity contribution in [2.24, 2.45) is 0 Å². The second kappa shape index (κ2) is 8.33. The van der Waals surface area contributed by atoms with Crippen LogP contribution in [0.25, 0.3) is 0 Å². The molecule has 0 saturated carbocycles. The van der Waals surface area contributed by atoms with Gasteiger partial charge < -0.3 is 10.2 Å². The lowest BCUT2D eigenvalue weighted by Crippen LogP contribution is -2.39. The lowest BCUT2D eigenvalue weighted by atomic mass is 10.2. The summed E-state index contributed by atoms with van der Waals surface area (Å²) in [6, 6.07) is 18.2. The quantitative estimate of drug-likeness (QED) is 0.896. The number of anilines is 1. The molecule has 1 fully saturated rings. The van der Waals surface area contributed by atoms with E-state index >= 15 is 0 Å². The molecule has 0 unspecified atom stereocenters. The Labute approximate surface area is 154 Å². The minimum Gasteiger partial charge on any atom is -0.323 e. The Bertz CT molecular complexity index is 826. The van der Waals surface area contributed by atoms with Gasteiger partial charge in [0.1, 0.15) is 0 Å². The van der Waals surface area contributed by atoms with Crippen LogP contribution in [0.4, 0.5) is 10.5 Å². The van der Waals surface area contributed by atoms with E-state index in [1.54, 1.807) is 4.90 Å². The van der Waals surface area contributed by atoms with Crippen molar-refractivity contribution in [3.63, 3.8) is 0 Å². The third-order valence-corrected chi connectivity index (χ3v) is 6.20. The molecule has 2 aromatic rings. The van der Waals surface area contributed by atoms with Gasteiger partial charge in [-0.1, -0.05) is 48.5 Å². The lowest BCUT2D eigenvalue weighted by molar-refractivity contribution is 0.214. The maximum absolute atomic E-state index is 12.7. The molecule has 2 aromatic carbocycles. The molecule has 26 heavy (non-hydrogen) atoms. The fourth-order valence-electron chi connectivity index (χ4n) is 2.98. The molecule has 3 rings (SSSR count). The number of nitrogens with one attached hydrogen (secondary N) is 1. The number of carbonyl (C=O) groups is 1. The smallest absolute Gasteiger partial charge is 0.321 e. The molecule has 0 aromatic heterocycles. The van der Waals surface area contributed by atoms with Gasteiger partial charge in [-0.2, -0.15) is 4.31 Å². The molecular weight excluding hydrogens is 350 g/mol. The second-order valence-corrected chi connectivity index (χ2v) is 8.25. The molecule has 1 heterocycles. The van der Waals surface area contributed by atoms with Crippen molar-refractivity contribution in [3.8, 4) is 0 Å². The number of hydrogen-bond donors (Lipinski definition) is 1. The Kier molecular flexibility index (Phi) is 5.90. The number of carbonyl (C=O) groups excluding carboxylic acids is 1. The first-order chi connectivity index (χ1) is 12.5. The average Bonchev–Trinajstić information content (AvgIpc) is 2.90. The van der Waals surface area contributed by atoms with Gasteiger partial charge in [0.05, 0.1) is 5.75 Å². The zero-order chi connectivity index (χ0) is 18.4. The number of sulfonamides is 1. The molecule has 0 aliphatic carbocycles. The first kappa shape index (κ1) is 18.4. The Morgan fingerprint density at radius 2 is 1.54 bits per heavy atom. The highest BCUT2D eigenvalue weighted by Crippen LogP contribution is 2.15. The van der Waals surface area contributed by atoms with Gasteiger partial charge in [-0.3, -0.25) is 0 Å². The summed E-state index contributed by atoms with van der Waals surface area (Å²) in [7, 11) is -3.39. The summed E-state index contributed by atoms with van der Waals surface area (Å²) in [6.07, 6.45) is 0.621. The van der Waals surface area contributed by atoms with E-state index in [1.165, 1.54) is 4.31 Å². The molecule has 6 nitrogen and oxygen atoms in total. The largest absolute Gasteiger partial charge is 0.323 e. The van der Waals surface area contributed by atoms with Crippen molar-refractivity contribution < 1.29 is 13.2 Å². The summed E-state index contributed by atoms with van der Waals surface area (Å²) in [5.74, 6) is -0.00987. The maximum atomic E-state index is 12.7. The normalized spacial score (nSPS) is 16.1. The fraction of sp³-hybridized carbons (Fsp3) is 0.316. The van der Waals surface area contributed by atoms with Crippen molar-refractivity contribution in [1.29, 1.82) is 0 Å². The molecule has 1 N–H and O–H groups in total. The van der Waals surface area contributed by atoms with Crippen LogP contribution in [0.1, 0.15) is 12.0 Å². The molecule has 7 heteroatoms. The van der Waals surface area contributed by atoms with Gasteiger partial charge in [0.2, 0.25) is 10.0 Å². The van der Waals surface area contributed by atoms with Crippen molar-refractivity contribution >= 4 is 21.7 Å². The van der Waals surface area contributed by atoms with Crippen LogP contribution in [-0.2, 0) is 15.8 Å². The second-order valence-electron chi connectivity index (χ2n) is 6.28. The molecular formula is C19H23N3O3S. The SMILES string of the molecule is O=C(Nc1ccccc1)N1CCCN(S(=O)(=O)Cc2ccccc2)CC1. The molecule has 138 valence electrons. The predicted molar refractivity (Wildman–Crippen MR) is 102 cm³/mol. The Morgan fingerprint density at radius 3 is 2.23 bits per heavy atom. The van der Waals surface area contributed by atoms with Crippen LogP contribution in [0, 0.1) is 0 Å². The van der Waals surface area contributed by atoms with Crippen molar-refractivity contribution in [1.82, 2.24) is 9.21 Å². The van der Waals surface area contributed by atoms with Crippen LogP contribution >= 0.6 is 0 Å². The van der Waals surface area contributed by atoms with E-state index in [9.17, 15) is 13.2 Å². The number of urea groups is 1. The monoisotopic (exact) mass is 373 g/mol. The van der Waals surface area contributed by atoms with E-state index < -0.39 is 10.0 Å². The number of amides is 2. The van der Waals surface area contributed by atoms with E-state index in [1.807, 2.05) is 60.7 Å². The maximum Gasteiger partial charge on any atom is 0.321 e. The molecule has 1 aliphatic rings. The van der Waals surface area contributed by atoms with Crippen molar-refractivity contribution in [2.45, 2.75) is 12.2 Å². The van der Waals surface area contributed by atoms with Crippen molar-refractivity contribution in [3.05, 3.63) is 66.2 Å². The minimum atomic E-state index is -3.39. The average molecular weight is 373 g/mol. The first-order valence-electron chi connectivity index (χ1n) is 8.67. The lowest BCUT2D eigenvalue weighted by Gasteiger charge is -2.22. The van der Waals surface area contributed by atoms with Crippen LogP contribution < -0.4 is 5.32 Å². The van der Waals surface area contributed by atoms with Crippen molar-refractivity contribution in [2.75, 3.05) is 31.5 Å². The highest BCUT2D eigenvalue weighted by molar-refractivity contribution is 7.88. The standard InChI is InChI=1S/C19H23N3O3S/c23-19(20-18-10-5-2-6-11-18)21-12-7-13-22(15-14-21)26(24,25)16-17-8-3-1-4-9-17/h1-6,8-11H,7,12-16H2,(H,20,23). The van der Waals surface area contributed by atoms with Gasteiger partial charge in [-0.15, -0.1) is 0 Å². The van der Waals surface area contributed by atoms with Gasteiger partial charge >= 0.3 is 6.03 Å². The molecule has 0 radical (unpaired) electrons. The summed E-state index contributed by atoms with van der Waals surface area (Å²) in [5, 5.41) is 2.85. The van der Waals surface area contributed by atoms with Crippen LogP contribution in [0.5, 0.6) is 0 Å². The van der Waals surface area contributed by atoms with Crippen LogP contribution in [0.2, 0.25) is 0 Å². The van der Waals surface area contributed by atoms with Crippen LogP contribution in [0.3, 0.4) is 0 Å². The van der Waals surface area contributed by atoms with Crippen LogP contribution in [-0.4, -0.2) is 49.8 Å². The molecule has 0 spiro atoms. The molecule has 1 saturated heterocycles. The third-order valence-electron chi connectivity index (χ3n) is 4.35. The van der Waals surface area contributed by atoms with E-state index in [4.69, 9.17) is 0 Å². The Balaban J connectivity index is 1.60. The minimum absolute atomic E-state index is 0.00987. The molecule has 2 amide bonds. The number of nitrogens with zero attached hydrogens (tertiary/aromatic N) is 2. The van der Waals surface area contributed by atoms with E-state index in [2.05, 4.69) is 5.32 Å². The zero-order valence-electron chi connectivity index (χ0n) is 14.5. The summed E-state index contributed by atoms with van der Waals surface area (Å²) >= 11 is 0. The Morgan fingerprint density at radius 1 is 0.885 bits per heavy atom.